The van der Waals surface area contributed by atoms with Gasteiger partial charge in [-0.2, -0.15) is 0 Å². The molecule has 3 N–H and O–H groups in total. The molecule has 5 nitrogen and oxygen atoms in total. The number of rotatable bonds is 5. The van der Waals surface area contributed by atoms with Gasteiger partial charge in [-0.3, -0.25) is 0 Å². The Bertz CT molecular complexity index is 570. The summed E-state index contributed by atoms with van der Waals surface area (Å²) in [4.78, 5) is 12.9. The minimum absolute atomic E-state index is 0.311. The molecule has 2 atom stereocenters. The quantitative estimate of drug-likeness (QED) is 0.854. The summed E-state index contributed by atoms with van der Waals surface area (Å²) in [6.07, 6.45) is 7.30. The standard InChI is InChI=1S/C20H31N3O2/c1-15-4-2-7-19(12-15)25-14-16-5-3-6-18(13-16)22-17-8-10-23(11-9-17)20(21)24/h3,5-6,13,15,17,19,22H,2,4,7-12,14H2,1H3,(H2,21,24)/t15-,19-/m0/s1. The van der Waals surface area contributed by atoms with Crippen LogP contribution in [0.25, 0.3) is 0 Å². The molecule has 0 aromatic heterocycles. The molecule has 1 aliphatic carbocycles. The fourth-order valence-electron chi connectivity index (χ4n) is 3.97. The summed E-state index contributed by atoms with van der Waals surface area (Å²) >= 11 is 0. The van der Waals surface area contributed by atoms with Crippen LogP contribution in [-0.2, 0) is 11.3 Å². The third kappa shape index (κ3) is 5.36. The first kappa shape index (κ1) is 18.1. The predicted octanol–water partition coefficient (Wildman–Crippen LogP) is 3.74. The van der Waals surface area contributed by atoms with Crippen molar-refractivity contribution < 1.29 is 9.53 Å². The van der Waals surface area contributed by atoms with Crippen molar-refractivity contribution in [2.24, 2.45) is 11.7 Å². The second-order valence-corrected chi connectivity index (χ2v) is 7.65. The topological polar surface area (TPSA) is 67.6 Å². The first-order chi connectivity index (χ1) is 12.1. The van der Waals surface area contributed by atoms with E-state index in [2.05, 4.69) is 36.5 Å². The van der Waals surface area contributed by atoms with Gasteiger partial charge in [-0.15, -0.1) is 0 Å². The Balaban J connectivity index is 1.47. The van der Waals surface area contributed by atoms with Crippen molar-refractivity contribution in [3.8, 4) is 0 Å². The number of nitrogens with two attached hydrogens (primary N) is 1. The molecule has 1 aromatic rings. The maximum absolute atomic E-state index is 11.2. The van der Waals surface area contributed by atoms with E-state index in [0.717, 1.165) is 37.5 Å². The number of anilines is 1. The SMILES string of the molecule is C[C@H]1CCC[C@H](OCc2cccc(NC3CCN(C(N)=O)CC3)c2)C1. The van der Waals surface area contributed by atoms with Crippen molar-refractivity contribution in [2.75, 3.05) is 18.4 Å². The lowest BCUT2D eigenvalue weighted by Crippen LogP contribution is -2.44. The molecule has 2 fully saturated rings. The molecular formula is C20H31N3O2. The maximum Gasteiger partial charge on any atom is 0.314 e. The molecule has 1 saturated carbocycles. The summed E-state index contributed by atoms with van der Waals surface area (Å²) in [7, 11) is 0. The van der Waals surface area contributed by atoms with Gasteiger partial charge in [-0.1, -0.05) is 31.9 Å². The van der Waals surface area contributed by atoms with E-state index < -0.39 is 0 Å². The van der Waals surface area contributed by atoms with Crippen molar-refractivity contribution in [2.45, 2.75) is 64.2 Å². The van der Waals surface area contributed by atoms with Gasteiger partial charge >= 0.3 is 6.03 Å². The van der Waals surface area contributed by atoms with Crippen molar-refractivity contribution in [1.82, 2.24) is 4.90 Å². The monoisotopic (exact) mass is 345 g/mol. The number of piperidine rings is 1. The average Bonchev–Trinajstić information content (AvgIpc) is 2.61. The smallest absolute Gasteiger partial charge is 0.314 e. The summed E-state index contributed by atoms with van der Waals surface area (Å²) < 4.78 is 6.14. The number of nitrogens with zero attached hydrogens (tertiary/aromatic N) is 1. The molecule has 1 aliphatic heterocycles. The van der Waals surface area contributed by atoms with Gasteiger partial charge in [0.05, 0.1) is 12.7 Å². The minimum Gasteiger partial charge on any atom is -0.382 e. The Morgan fingerprint density at radius 2 is 2.08 bits per heavy atom. The summed E-state index contributed by atoms with van der Waals surface area (Å²) in [6, 6.07) is 8.59. The Morgan fingerprint density at radius 3 is 2.80 bits per heavy atom. The van der Waals surface area contributed by atoms with Gasteiger partial charge in [0.1, 0.15) is 0 Å². The van der Waals surface area contributed by atoms with Crippen LogP contribution in [0.4, 0.5) is 10.5 Å². The van der Waals surface area contributed by atoms with Crippen molar-refractivity contribution in [3.05, 3.63) is 29.8 Å². The summed E-state index contributed by atoms with van der Waals surface area (Å²) in [5.41, 5.74) is 7.70. The van der Waals surface area contributed by atoms with Gasteiger partial charge in [0.2, 0.25) is 0 Å². The lowest BCUT2D eigenvalue weighted by atomic mass is 9.89. The van der Waals surface area contributed by atoms with Gasteiger partial charge in [0.25, 0.3) is 0 Å². The molecule has 25 heavy (non-hydrogen) atoms. The Morgan fingerprint density at radius 1 is 1.28 bits per heavy atom. The average molecular weight is 345 g/mol. The third-order valence-electron chi connectivity index (χ3n) is 5.48. The molecule has 2 aliphatic rings. The molecule has 2 amide bonds. The second-order valence-electron chi connectivity index (χ2n) is 7.65. The van der Waals surface area contributed by atoms with Crippen LogP contribution in [0, 0.1) is 5.92 Å². The van der Waals surface area contributed by atoms with Crippen LogP contribution in [-0.4, -0.2) is 36.2 Å². The molecule has 1 saturated heterocycles. The number of carbonyl (C=O) groups is 1. The molecule has 3 rings (SSSR count). The number of hydrogen-bond donors (Lipinski definition) is 2. The first-order valence-corrected chi connectivity index (χ1v) is 9.61. The van der Waals surface area contributed by atoms with Crippen molar-refractivity contribution in [1.29, 1.82) is 0 Å². The van der Waals surface area contributed by atoms with E-state index in [0.29, 0.717) is 18.8 Å². The van der Waals surface area contributed by atoms with Gasteiger partial charge in [0.15, 0.2) is 0 Å². The van der Waals surface area contributed by atoms with E-state index in [-0.39, 0.29) is 6.03 Å². The molecule has 0 spiro atoms. The summed E-state index contributed by atoms with van der Waals surface area (Å²) in [5, 5.41) is 3.59. The molecule has 1 aromatic carbocycles. The maximum atomic E-state index is 11.2. The van der Waals surface area contributed by atoms with Crippen LogP contribution in [0.5, 0.6) is 0 Å². The lowest BCUT2D eigenvalue weighted by molar-refractivity contribution is 0.00468. The van der Waals surface area contributed by atoms with Gasteiger partial charge in [-0.25, -0.2) is 4.79 Å². The number of hydrogen-bond acceptors (Lipinski definition) is 3. The van der Waals surface area contributed by atoms with Gasteiger partial charge in [-0.05, 0) is 49.3 Å². The molecule has 5 heteroatoms. The van der Waals surface area contributed by atoms with Crippen LogP contribution >= 0.6 is 0 Å². The summed E-state index contributed by atoms with van der Waals surface area (Å²) in [6.45, 7) is 4.47. The largest absolute Gasteiger partial charge is 0.382 e. The molecule has 0 bridgehead atoms. The highest BCUT2D eigenvalue weighted by Crippen LogP contribution is 2.26. The molecule has 0 unspecified atom stereocenters. The normalized spacial score (nSPS) is 24.9. The first-order valence-electron chi connectivity index (χ1n) is 9.61. The van der Waals surface area contributed by atoms with Crippen molar-refractivity contribution in [3.63, 3.8) is 0 Å². The highest BCUT2D eigenvalue weighted by Gasteiger charge is 2.21. The molecule has 0 radical (unpaired) electrons. The number of urea groups is 1. The molecule has 138 valence electrons. The van der Waals surface area contributed by atoms with E-state index in [1.54, 1.807) is 4.90 Å². The summed E-state index contributed by atoms with van der Waals surface area (Å²) in [5.74, 6) is 0.790. The minimum atomic E-state index is -0.311. The zero-order chi connectivity index (χ0) is 17.6. The predicted molar refractivity (Wildman–Crippen MR) is 100 cm³/mol. The Labute approximate surface area is 150 Å². The van der Waals surface area contributed by atoms with Crippen molar-refractivity contribution >= 4 is 11.7 Å². The zero-order valence-electron chi connectivity index (χ0n) is 15.2. The van der Waals surface area contributed by atoms with Gasteiger partial charge in [0, 0.05) is 24.8 Å². The number of benzene rings is 1. The van der Waals surface area contributed by atoms with E-state index in [1.165, 1.54) is 31.2 Å². The number of amides is 2. The van der Waals surface area contributed by atoms with E-state index in [9.17, 15) is 4.79 Å². The number of nitrogens with one attached hydrogen (secondary N) is 1. The highest BCUT2D eigenvalue weighted by molar-refractivity contribution is 5.72. The van der Waals surface area contributed by atoms with Gasteiger partial charge < -0.3 is 20.7 Å². The van der Waals surface area contributed by atoms with E-state index in [4.69, 9.17) is 10.5 Å². The highest BCUT2D eigenvalue weighted by atomic mass is 16.5. The number of likely N-dealkylation sites (tertiary alicyclic amines) is 1. The van der Waals surface area contributed by atoms with E-state index in [1.807, 2.05) is 0 Å². The molecular weight excluding hydrogens is 314 g/mol. The fourth-order valence-corrected chi connectivity index (χ4v) is 3.97. The Hall–Kier alpha value is -1.75. The lowest BCUT2D eigenvalue weighted by Gasteiger charge is -2.31. The number of primary amides is 1. The van der Waals surface area contributed by atoms with Crippen LogP contribution < -0.4 is 11.1 Å². The van der Waals surface area contributed by atoms with Crippen LogP contribution in [0.3, 0.4) is 0 Å². The number of carbonyl (C=O) groups excluding carboxylic acids is 1. The van der Waals surface area contributed by atoms with Crippen LogP contribution in [0.2, 0.25) is 0 Å². The second kappa shape index (κ2) is 8.56. The van der Waals surface area contributed by atoms with E-state index >= 15 is 0 Å². The van der Waals surface area contributed by atoms with Crippen LogP contribution in [0.15, 0.2) is 24.3 Å². The fraction of sp³-hybridized carbons (Fsp3) is 0.650. The molecule has 1 heterocycles. The Kier molecular flexibility index (Phi) is 6.19. The van der Waals surface area contributed by atoms with Crippen LogP contribution in [0.1, 0.15) is 51.0 Å². The zero-order valence-corrected chi connectivity index (χ0v) is 15.2. The third-order valence-corrected chi connectivity index (χ3v) is 5.48. The number of ether oxygens (including phenoxy) is 1.